The van der Waals surface area contributed by atoms with Gasteiger partial charge in [-0.1, -0.05) is 0 Å². The number of nitrogen functional groups attached to an aromatic ring is 1. The van der Waals surface area contributed by atoms with Crippen LogP contribution in [0.5, 0.6) is 0 Å². The van der Waals surface area contributed by atoms with Gasteiger partial charge in [-0.25, -0.2) is 8.78 Å². The average Bonchev–Trinajstić information content (AvgIpc) is 2.56. The lowest BCUT2D eigenvalue weighted by Crippen LogP contribution is -2.36. The van der Waals surface area contributed by atoms with Gasteiger partial charge in [0, 0.05) is 44.9 Å². The van der Waals surface area contributed by atoms with Crippen molar-refractivity contribution in [1.29, 1.82) is 0 Å². The van der Waals surface area contributed by atoms with Crippen LogP contribution in [0.3, 0.4) is 0 Å². The molecule has 0 radical (unpaired) electrons. The van der Waals surface area contributed by atoms with Gasteiger partial charge < -0.3 is 15.2 Å². The van der Waals surface area contributed by atoms with E-state index < -0.39 is 6.43 Å². The molecule has 0 saturated heterocycles. The van der Waals surface area contributed by atoms with E-state index in [2.05, 4.69) is 5.43 Å². The number of benzene rings is 1. The van der Waals surface area contributed by atoms with E-state index in [0.29, 0.717) is 38.2 Å². The number of nitrogens with zero attached hydrogens (tertiary/aromatic N) is 2. The zero-order valence-electron chi connectivity index (χ0n) is 14.9. The van der Waals surface area contributed by atoms with E-state index in [-0.39, 0.29) is 11.5 Å². The summed E-state index contributed by atoms with van der Waals surface area (Å²) < 4.78 is 35.5. The van der Waals surface area contributed by atoms with Crippen LogP contribution >= 0.6 is 0 Å². The third-order valence-corrected chi connectivity index (χ3v) is 3.75. The number of hydrogen-bond donors (Lipinski definition) is 2. The van der Waals surface area contributed by atoms with Crippen molar-refractivity contribution in [1.82, 2.24) is 4.90 Å². The van der Waals surface area contributed by atoms with Crippen molar-refractivity contribution in [2.24, 2.45) is 5.84 Å². The Morgan fingerprint density at radius 1 is 1.29 bits per heavy atom. The summed E-state index contributed by atoms with van der Waals surface area (Å²) in [7, 11) is 2.31. The predicted octanol–water partition coefficient (Wildman–Crippen LogP) is 3.11. The molecule has 0 bridgehead atoms. The van der Waals surface area contributed by atoms with Gasteiger partial charge in [0.25, 0.3) is 6.43 Å². The van der Waals surface area contributed by atoms with Crippen molar-refractivity contribution >= 4 is 17.3 Å². The standard InChI is InChI=1S/C15H24F2N4O.CH3F/c1-5-21(11(3)22)7-6-20(4)14-9-12(15(16)17)8-13(19-18)10(14)2;1-2/h8-9,15,19H,5-7,18H2,1-4H3;1H3. The summed E-state index contributed by atoms with van der Waals surface area (Å²) in [5.74, 6) is 5.40. The first-order valence-electron chi connectivity index (χ1n) is 7.55. The number of nitrogens with one attached hydrogen (secondary N) is 1. The first-order valence-corrected chi connectivity index (χ1v) is 7.55. The van der Waals surface area contributed by atoms with Crippen molar-refractivity contribution in [3.05, 3.63) is 23.3 Å². The van der Waals surface area contributed by atoms with E-state index in [4.69, 9.17) is 5.84 Å². The molecular weight excluding hydrogens is 321 g/mol. The number of anilines is 2. The quantitative estimate of drug-likeness (QED) is 0.587. The highest BCUT2D eigenvalue weighted by molar-refractivity contribution is 5.73. The predicted molar refractivity (Wildman–Crippen MR) is 92.2 cm³/mol. The van der Waals surface area contributed by atoms with Crippen molar-refractivity contribution in [2.75, 3.05) is 44.2 Å². The average molecular weight is 348 g/mol. The molecule has 3 N–H and O–H groups in total. The molecule has 8 heteroatoms. The van der Waals surface area contributed by atoms with E-state index in [1.165, 1.54) is 19.1 Å². The van der Waals surface area contributed by atoms with Crippen molar-refractivity contribution in [3.63, 3.8) is 0 Å². The number of carbonyl (C=O) groups excluding carboxylic acids is 1. The van der Waals surface area contributed by atoms with Crippen LogP contribution in [-0.4, -0.2) is 44.7 Å². The molecule has 24 heavy (non-hydrogen) atoms. The second-order valence-corrected chi connectivity index (χ2v) is 5.18. The van der Waals surface area contributed by atoms with Gasteiger partial charge in [0.2, 0.25) is 5.91 Å². The Bertz CT molecular complexity index is 526. The molecular formula is C16H27F3N4O. The van der Waals surface area contributed by atoms with Crippen molar-refractivity contribution in [2.45, 2.75) is 27.2 Å². The zero-order chi connectivity index (χ0) is 18.9. The largest absolute Gasteiger partial charge is 0.373 e. The highest BCUT2D eigenvalue weighted by Crippen LogP contribution is 2.32. The minimum absolute atomic E-state index is 0.00160. The normalized spacial score (nSPS) is 10.1. The highest BCUT2D eigenvalue weighted by atomic mass is 19.3. The number of nitrogens with two attached hydrogens (primary N) is 1. The lowest BCUT2D eigenvalue weighted by atomic mass is 10.1. The van der Waals surface area contributed by atoms with Gasteiger partial charge in [-0.15, -0.1) is 0 Å². The molecule has 0 heterocycles. The number of halogens is 3. The van der Waals surface area contributed by atoms with Crippen LogP contribution in [0, 0.1) is 6.92 Å². The van der Waals surface area contributed by atoms with Gasteiger partial charge in [-0.05, 0) is 31.5 Å². The number of hydrogen-bond acceptors (Lipinski definition) is 4. The van der Waals surface area contributed by atoms with Crippen molar-refractivity contribution in [3.8, 4) is 0 Å². The summed E-state index contributed by atoms with van der Waals surface area (Å²) in [6.07, 6.45) is -2.57. The fourth-order valence-electron chi connectivity index (χ4n) is 2.32. The minimum atomic E-state index is -2.57. The Kier molecular flexibility index (Phi) is 9.87. The minimum Gasteiger partial charge on any atom is -0.373 e. The van der Waals surface area contributed by atoms with Gasteiger partial charge in [0.15, 0.2) is 0 Å². The molecule has 1 aromatic carbocycles. The van der Waals surface area contributed by atoms with E-state index in [1.54, 1.807) is 4.90 Å². The molecule has 0 aromatic heterocycles. The molecule has 0 unspecified atom stereocenters. The van der Waals surface area contributed by atoms with Crippen LogP contribution in [0.25, 0.3) is 0 Å². The maximum atomic E-state index is 13.0. The van der Waals surface area contributed by atoms with Crippen LogP contribution in [0.15, 0.2) is 12.1 Å². The molecule has 138 valence electrons. The lowest BCUT2D eigenvalue weighted by molar-refractivity contribution is -0.128. The van der Waals surface area contributed by atoms with Gasteiger partial charge in [0.1, 0.15) is 0 Å². The zero-order valence-corrected chi connectivity index (χ0v) is 14.9. The summed E-state index contributed by atoms with van der Waals surface area (Å²) in [4.78, 5) is 15.0. The van der Waals surface area contributed by atoms with Gasteiger partial charge in [0.05, 0.1) is 12.9 Å². The molecule has 0 atom stereocenters. The van der Waals surface area contributed by atoms with Crippen LogP contribution in [0.2, 0.25) is 0 Å². The SMILES string of the molecule is CCN(CCN(C)c1cc(C(F)F)cc(NN)c1C)C(C)=O.CF. The molecule has 0 spiro atoms. The maximum Gasteiger partial charge on any atom is 0.264 e. The molecule has 1 aromatic rings. The molecule has 0 aliphatic carbocycles. The Morgan fingerprint density at radius 2 is 1.88 bits per heavy atom. The first kappa shape index (κ1) is 22.0. The third-order valence-electron chi connectivity index (χ3n) is 3.75. The number of likely N-dealkylation sites (N-methyl/N-ethyl adjacent to an activating group) is 2. The van der Waals surface area contributed by atoms with Gasteiger partial charge in [-0.2, -0.15) is 0 Å². The fraction of sp³-hybridized carbons (Fsp3) is 0.562. The van der Waals surface area contributed by atoms with E-state index >= 15 is 0 Å². The smallest absolute Gasteiger partial charge is 0.264 e. The molecule has 0 aliphatic heterocycles. The van der Waals surface area contributed by atoms with E-state index in [1.807, 2.05) is 25.8 Å². The highest BCUT2D eigenvalue weighted by Gasteiger charge is 2.16. The molecule has 0 saturated carbocycles. The Hall–Kier alpha value is -1.96. The second-order valence-electron chi connectivity index (χ2n) is 5.18. The van der Waals surface area contributed by atoms with Crippen LogP contribution in [0.4, 0.5) is 24.5 Å². The summed E-state index contributed by atoms with van der Waals surface area (Å²) >= 11 is 0. The second kappa shape index (κ2) is 10.7. The summed E-state index contributed by atoms with van der Waals surface area (Å²) in [5, 5.41) is 0. The molecule has 0 fully saturated rings. The fourth-order valence-corrected chi connectivity index (χ4v) is 2.32. The maximum absolute atomic E-state index is 13.0. The van der Waals surface area contributed by atoms with Crippen LogP contribution < -0.4 is 16.2 Å². The topological polar surface area (TPSA) is 61.6 Å². The van der Waals surface area contributed by atoms with E-state index in [0.717, 1.165) is 5.56 Å². The monoisotopic (exact) mass is 348 g/mol. The number of rotatable bonds is 7. The Labute approximate surface area is 141 Å². The van der Waals surface area contributed by atoms with Gasteiger partial charge in [-0.3, -0.25) is 15.0 Å². The molecule has 5 nitrogen and oxygen atoms in total. The van der Waals surface area contributed by atoms with Crippen molar-refractivity contribution < 1.29 is 18.0 Å². The Morgan fingerprint density at radius 3 is 2.29 bits per heavy atom. The summed E-state index contributed by atoms with van der Waals surface area (Å²) in [6, 6.07) is 2.82. The summed E-state index contributed by atoms with van der Waals surface area (Å²) in [6.45, 7) is 6.94. The molecule has 1 rings (SSSR count). The first-order chi connectivity index (χ1) is 11.3. The number of alkyl halides is 3. The summed E-state index contributed by atoms with van der Waals surface area (Å²) in [5.41, 5.74) is 4.31. The van der Waals surface area contributed by atoms with E-state index in [9.17, 15) is 18.0 Å². The number of amides is 1. The van der Waals surface area contributed by atoms with Crippen LogP contribution in [-0.2, 0) is 4.79 Å². The molecule has 0 aliphatic rings. The number of carbonyl (C=O) groups is 1. The lowest BCUT2D eigenvalue weighted by Gasteiger charge is -2.27. The number of hydrazine groups is 1. The Balaban J connectivity index is 0.00000254. The van der Waals surface area contributed by atoms with Gasteiger partial charge >= 0.3 is 0 Å². The molecule has 1 amide bonds. The third kappa shape index (κ3) is 5.92. The van der Waals surface area contributed by atoms with Crippen LogP contribution in [0.1, 0.15) is 31.4 Å².